The number of hydrogen-bond donors (Lipinski definition) is 0. The summed E-state index contributed by atoms with van der Waals surface area (Å²) in [6.07, 6.45) is 16.9. The molecule has 0 aliphatic heterocycles. The Kier molecular flexibility index (Phi) is 16.0. The first-order valence-corrected chi connectivity index (χ1v) is 8.14. The zero-order chi connectivity index (χ0) is 18.1. The van der Waals surface area contributed by atoms with Gasteiger partial charge in [0, 0.05) is 11.1 Å². The van der Waals surface area contributed by atoms with Crippen LogP contribution in [0.4, 0.5) is 0 Å². The normalized spacial score (nSPS) is 11.6. The van der Waals surface area contributed by atoms with E-state index in [0.717, 1.165) is 22.4 Å². The van der Waals surface area contributed by atoms with Gasteiger partial charge in [-0.2, -0.15) is 0 Å². The van der Waals surface area contributed by atoms with Crippen LogP contribution >= 0.6 is 0 Å². The zero-order valence-electron chi connectivity index (χ0n) is 15.5. The van der Waals surface area contributed by atoms with Gasteiger partial charge in [-0.15, -0.1) is 0 Å². The molecule has 0 aliphatic rings. The highest BCUT2D eigenvalue weighted by Gasteiger charge is 2.12. The van der Waals surface area contributed by atoms with Crippen molar-refractivity contribution in [2.45, 2.75) is 41.5 Å². The van der Waals surface area contributed by atoms with E-state index in [1.807, 2.05) is 78.0 Å². The number of hydrogen-bond acceptors (Lipinski definition) is 2. The molecular weight excluding hydrogens is 282 g/mol. The van der Waals surface area contributed by atoms with E-state index in [9.17, 15) is 0 Å². The third kappa shape index (κ3) is 8.01. The summed E-state index contributed by atoms with van der Waals surface area (Å²) >= 11 is 0. The first-order chi connectivity index (χ1) is 11.3. The molecule has 2 heteroatoms. The number of nitrogens with zero attached hydrogens (tertiary/aromatic N) is 1. The van der Waals surface area contributed by atoms with Crippen molar-refractivity contribution >= 4 is 11.1 Å². The van der Waals surface area contributed by atoms with Crippen LogP contribution < -0.4 is 0 Å². The third-order valence-electron chi connectivity index (χ3n) is 2.52. The lowest BCUT2D eigenvalue weighted by molar-refractivity contribution is 0.417. The van der Waals surface area contributed by atoms with Crippen LogP contribution in [0.25, 0.3) is 11.1 Å². The Morgan fingerprint density at radius 1 is 1.00 bits per heavy atom. The highest BCUT2D eigenvalue weighted by Crippen LogP contribution is 2.26. The van der Waals surface area contributed by atoms with Gasteiger partial charge < -0.3 is 4.52 Å². The van der Waals surface area contributed by atoms with E-state index in [4.69, 9.17) is 4.52 Å². The van der Waals surface area contributed by atoms with Gasteiger partial charge >= 0.3 is 0 Å². The average molecular weight is 313 g/mol. The highest BCUT2D eigenvalue weighted by atomic mass is 16.5. The predicted octanol–water partition coefficient (Wildman–Crippen LogP) is 7.02. The van der Waals surface area contributed by atoms with E-state index in [-0.39, 0.29) is 0 Å². The highest BCUT2D eigenvalue weighted by molar-refractivity contribution is 5.85. The topological polar surface area (TPSA) is 26.0 Å². The predicted molar refractivity (Wildman–Crippen MR) is 105 cm³/mol. The van der Waals surface area contributed by atoms with Gasteiger partial charge in [0.2, 0.25) is 0 Å². The molecule has 2 nitrogen and oxygen atoms in total. The minimum Gasteiger partial charge on any atom is -0.363 e. The van der Waals surface area contributed by atoms with Gasteiger partial charge in [-0.1, -0.05) is 94.6 Å². The Morgan fingerprint density at radius 3 is 2.13 bits per heavy atom. The zero-order valence-corrected chi connectivity index (χ0v) is 15.5. The quantitative estimate of drug-likeness (QED) is 0.527. The molecule has 1 aromatic heterocycles. The lowest BCUT2D eigenvalue weighted by Gasteiger charge is -2.02. The minimum absolute atomic E-state index is 0.812. The summed E-state index contributed by atoms with van der Waals surface area (Å²) in [5.41, 5.74) is 3.76. The van der Waals surface area contributed by atoms with Crippen molar-refractivity contribution in [1.82, 2.24) is 5.16 Å². The third-order valence-corrected chi connectivity index (χ3v) is 2.52. The molecule has 0 bridgehead atoms. The molecule has 1 rings (SSSR count). The van der Waals surface area contributed by atoms with Gasteiger partial charge in [-0.25, -0.2) is 0 Å². The fraction of sp³-hybridized carbons (Fsp3) is 0.286. The smallest absolute Gasteiger partial charge is 0.132 e. The molecule has 0 amide bonds. The molecule has 0 spiro atoms. The molecule has 23 heavy (non-hydrogen) atoms. The number of rotatable bonds is 6. The standard InChI is InChI=1S/C17H19NO.2C2H6/c1-5-9-12-14(8-4)17-16(13-19-18-17)15(10-6-2)11-7-3;2*1-2/h5-13H,1-2H2,3-4H3;2*1-2H3/b11-7-,12-9-,14-8+,15-10+;;. The summed E-state index contributed by atoms with van der Waals surface area (Å²) < 4.78 is 5.12. The summed E-state index contributed by atoms with van der Waals surface area (Å²) in [5, 5.41) is 4.09. The van der Waals surface area contributed by atoms with E-state index in [1.165, 1.54) is 0 Å². The van der Waals surface area contributed by atoms with Crippen LogP contribution in [0.5, 0.6) is 0 Å². The summed E-state index contributed by atoms with van der Waals surface area (Å²) in [4.78, 5) is 0. The first kappa shape index (κ1) is 22.9. The molecular formula is C21H31NO. The van der Waals surface area contributed by atoms with E-state index in [0.29, 0.717) is 0 Å². The fourth-order valence-corrected chi connectivity index (χ4v) is 1.67. The Labute approximate surface area is 142 Å². The Bertz CT molecular complexity index is 554. The van der Waals surface area contributed by atoms with Crippen molar-refractivity contribution in [3.05, 3.63) is 79.3 Å². The number of aromatic nitrogens is 1. The monoisotopic (exact) mass is 313 g/mol. The summed E-state index contributed by atoms with van der Waals surface area (Å²) in [6, 6.07) is 0. The Morgan fingerprint density at radius 2 is 1.65 bits per heavy atom. The number of allylic oxidation sites excluding steroid dienone is 10. The van der Waals surface area contributed by atoms with Crippen molar-refractivity contribution in [2.75, 3.05) is 0 Å². The van der Waals surface area contributed by atoms with Crippen LogP contribution in [0, 0.1) is 0 Å². The molecule has 0 atom stereocenters. The van der Waals surface area contributed by atoms with Crippen LogP contribution in [-0.2, 0) is 0 Å². The lowest BCUT2D eigenvalue weighted by Crippen LogP contribution is -1.88. The maximum atomic E-state index is 5.12. The fourth-order valence-electron chi connectivity index (χ4n) is 1.67. The second kappa shape index (κ2) is 16.0. The largest absolute Gasteiger partial charge is 0.363 e. The van der Waals surface area contributed by atoms with Crippen molar-refractivity contribution in [3.63, 3.8) is 0 Å². The molecule has 0 unspecified atom stereocenters. The summed E-state index contributed by atoms with van der Waals surface area (Å²) in [7, 11) is 0. The molecule has 1 heterocycles. The molecule has 0 saturated carbocycles. The van der Waals surface area contributed by atoms with Crippen LogP contribution in [0.3, 0.4) is 0 Å². The first-order valence-electron chi connectivity index (χ1n) is 8.14. The van der Waals surface area contributed by atoms with Gasteiger partial charge in [0.05, 0.1) is 0 Å². The van der Waals surface area contributed by atoms with Gasteiger partial charge in [0.15, 0.2) is 0 Å². The van der Waals surface area contributed by atoms with Crippen molar-refractivity contribution in [3.8, 4) is 0 Å². The van der Waals surface area contributed by atoms with E-state index < -0.39 is 0 Å². The molecule has 0 N–H and O–H groups in total. The molecule has 0 aromatic carbocycles. The van der Waals surface area contributed by atoms with E-state index in [1.54, 1.807) is 18.4 Å². The van der Waals surface area contributed by atoms with Gasteiger partial charge in [0.1, 0.15) is 12.0 Å². The van der Waals surface area contributed by atoms with Crippen molar-refractivity contribution in [1.29, 1.82) is 0 Å². The molecule has 0 aliphatic carbocycles. The van der Waals surface area contributed by atoms with Gasteiger partial charge in [0.25, 0.3) is 0 Å². The van der Waals surface area contributed by atoms with Gasteiger partial charge in [-0.3, -0.25) is 0 Å². The minimum atomic E-state index is 0.812. The average Bonchev–Trinajstić information content (AvgIpc) is 3.08. The van der Waals surface area contributed by atoms with Crippen LogP contribution in [0.2, 0.25) is 0 Å². The lowest BCUT2D eigenvalue weighted by atomic mass is 10.0. The summed E-state index contributed by atoms with van der Waals surface area (Å²) in [5.74, 6) is 0. The van der Waals surface area contributed by atoms with E-state index >= 15 is 0 Å². The second-order valence-corrected chi connectivity index (χ2v) is 3.77. The maximum absolute atomic E-state index is 5.12. The molecule has 0 fully saturated rings. The molecule has 0 radical (unpaired) electrons. The van der Waals surface area contributed by atoms with Crippen LogP contribution in [0.15, 0.2) is 72.6 Å². The molecule has 126 valence electrons. The van der Waals surface area contributed by atoms with Crippen molar-refractivity contribution < 1.29 is 4.52 Å². The van der Waals surface area contributed by atoms with E-state index in [2.05, 4.69) is 18.3 Å². The maximum Gasteiger partial charge on any atom is 0.132 e. The molecule has 0 saturated heterocycles. The van der Waals surface area contributed by atoms with Crippen LogP contribution in [-0.4, -0.2) is 5.16 Å². The molecule has 1 aromatic rings. The summed E-state index contributed by atoms with van der Waals surface area (Å²) in [6.45, 7) is 19.3. The van der Waals surface area contributed by atoms with Crippen LogP contribution in [0.1, 0.15) is 52.8 Å². The Balaban J connectivity index is 0. The Hall–Kier alpha value is -2.35. The van der Waals surface area contributed by atoms with Crippen molar-refractivity contribution in [2.24, 2.45) is 0 Å². The SMILES string of the molecule is C=C/C=C\C(=C/C)c1nocc1C(/C=C\C)=C/C=C.CC.CC. The second-order valence-electron chi connectivity index (χ2n) is 3.77. The van der Waals surface area contributed by atoms with Gasteiger partial charge in [-0.05, 0) is 19.4 Å².